The Morgan fingerprint density at radius 1 is 1.27 bits per heavy atom. The lowest BCUT2D eigenvalue weighted by molar-refractivity contribution is -0.139. The number of hydrogen-bond acceptors (Lipinski definition) is 5. The van der Waals surface area contributed by atoms with Gasteiger partial charge in [0.05, 0.1) is 6.61 Å². The molecule has 0 unspecified atom stereocenters. The molecule has 0 aliphatic rings. The first-order valence-corrected chi connectivity index (χ1v) is 9.92. The van der Waals surface area contributed by atoms with E-state index in [1.807, 2.05) is 13.0 Å². The molecule has 1 amide bonds. The van der Waals surface area contributed by atoms with Crippen LogP contribution < -0.4 is 14.8 Å². The molecule has 2 aromatic carbocycles. The van der Waals surface area contributed by atoms with E-state index in [0.29, 0.717) is 27.4 Å². The second-order valence-electron chi connectivity index (χ2n) is 6.02. The summed E-state index contributed by atoms with van der Waals surface area (Å²) in [6, 6.07) is 10.0. The van der Waals surface area contributed by atoms with Crippen LogP contribution in [0.2, 0.25) is 5.02 Å². The van der Waals surface area contributed by atoms with Gasteiger partial charge in [0.2, 0.25) is 0 Å². The highest BCUT2D eigenvalue weighted by Crippen LogP contribution is 2.35. The molecule has 2 N–H and O–H groups in total. The number of carbonyl (C=O) groups excluding carboxylic acids is 1. The normalized spacial score (nSPS) is 10.8. The number of rotatable bonds is 8. The molecule has 0 radical (unpaired) electrons. The van der Waals surface area contributed by atoms with Crippen molar-refractivity contribution in [2.24, 2.45) is 0 Å². The Labute approximate surface area is 187 Å². The van der Waals surface area contributed by atoms with Crippen molar-refractivity contribution in [2.75, 3.05) is 18.5 Å². The predicted octanol–water partition coefficient (Wildman–Crippen LogP) is 4.82. The first kappa shape index (κ1) is 23.3. The lowest BCUT2D eigenvalue weighted by Crippen LogP contribution is -2.14. The fourth-order valence-corrected chi connectivity index (χ4v) is 3.01. The monoisotopic (exact) mass is 492 g/mol. The standard InChI is InChI=1S/C21H18BrClN2O5/c1-3-29-18-7-13(16(22)9-19(18)30-11-20(26)27)6-14(10-24)21(28)25-17-8-15(23)5-4-12(17)2/h4-9H,3,11H2,1-2H3,(H,25,28)(H,26,27)/b14-6+. The number of aliphatic carboxylic acids is 1. The first-order chi connectivity index (χ1) is 14.2. The molecular formula is C21H18BrClN2O5. The zero-order chi connectivity index (χ0) is 22.3. The molecule has 0 atom stereocenters. The maximum Gasteiger partial charge on any atom is 0.341 e. The molecule has 0 aliphatic heterocycles. The van der Waals surface area contributed by atoms with Gasteiger partial charge in [-0.3, -0.25) is 4.79 Å². The van der Waals surface area contributed by atoms with E-state index in [9.17, 15) is 14.9 Å². The number of ether oxygens (including phenoxy) is 2. The number of halogens is 2. The second kappa shape index (κ2) is 10.7. The smallest absolute Gasteiger partial charge is 0.341 e. The Morgan fingerprint density at radius 2 is 1.97 bits per heavy atom. The van der Waals surface area contributed by atoms with Gasteiger partial charge in [0.15, 0.2) is 18.1 Å². The van der Waals surface area contributed by atoms with Gasteiger partial charge in [-0.15, -0.1) is 0 Å². The fraction of sp³-hybridized carbons (Fsp3) is 0.190. The molecule has 156 valence electrons. The van der Waals surface area contributed by atoms with Crippen LogP contribution in [0, 0.1) is 18.3 Å². The average molecular weight is 494 g/mol. The van der Waals surface area contributed by atoms with Crippen LogP contribution in [0.15, 0.2) is 40.4 Å². The number of nitriles is 1. The van der Waals surface area contributed by atoms with E-state index in [1.54, 1.807) is 31.2 Å². The van der Waals surface area contributed by atoms with Crippen LogP contribution in [0.3, 0.4) is 0 Å². The number of carboxylic acid groups (broad SMARTS) is 1. The Kier molecular flexibility index (Phi) is 8.27. The molecule has 7 nitrogen and oxygen atoms in total. The van der Waals surface area contributed by atoms with Crippen molar-refractivity contribution in [3.05, 3.63) is 56.5 Å². The van der Waals surface area contributed by atoms with Crippen molar-refractivity contribution in [3.63, 3.8) is 0 Å². The summed E-state index contributed by atoms with van der Waals surface area (Å²) in [6.45, 7) is 3.35. The van der Waals surface area contributed by atoms with E-state index >= 15 is 0 Å². The van der Waals surface area contributed by atoms with Gasteiger partial charge in [-0.2, -0.15) is 5.26 Å². The first-order valence-electron chi connectivity index (χ1n) is 8.75. The topological polar surface area (TPSA) is 109 Å². The number of nitrogens with zero attached hydrogens (tertiary/aromatic N) is 1. The average Bonchev–Trinajstić information content (AvgIpc) is 2.69. The van der Waals surface area contributed by atoms with Gasteiger partial charge in [-0.1, -0.05) is 33.6 Å². The van der Waals surface area contributed by atoms with Crippen LogP contribution in [0.25, 0.3) is 6.08 Å². The zero-order valence-electron chi connectivity index (χ0n) is 16.2. The molecule has 0 heterocycles. The van der Waals surface area contributed by atoms with E-state index in [-0.39, 0.29) is 17.1 Å². The predicted molar refractivity (Wildman–Crippen MR) is 117 cm³/mol. The molecule has 0 saturated heterocycles. The molecule has 30 heavy (non-hydrogen) atoms. The number of benzene rings is 2. The Morgan fingerprint density at radius 3 is 2.60 bits per heavy atom. The summed E-state index contributed by atoms with van der Waals surface area (Å²) >= 11 is 9.32. The van der Waals surface area contributed by atoms with Crippen LogP contribution in [0.1, 0.15) is 18.1 Å². The molecular weight excluding hydrogens is 476 g/mol. The highest BCUT2D eigenvalue weighted by molar-refractivity contribution is 9.10. The van der Waals surface area contributed by atoms with Gasteiger partial charge in [-0.25, -0.2) is 4.79 Å². The minimum absolute atomic E-state index is 0.142. The summed E-state index contributed by atoms with van der Waals surface area (Å²) in [5, 5.41) is 21.4. The SMILES string of the molecule is CCOc1cc(/C=C(\C#N)C(=O)Nc2cc(Cl)ccc2C)c(Br)cc1OCC(=O)O. The van der Waals surface area contributed by atoms with E-state index in [2.05, 4.69) is 21.2 Å². The lowest BCUT2D eigenvalue weighted by Gasteiger charge is -2.13. The zero-order valence-corrected chi connectivity index (χ0v) is 18.5. The molecule has 0 aromatic heterocycles. The molecule has 0 saturated carbocycles. The summed E-state index contributed by atoms with van der Waals surface area (Å²) in [7, 11) is 0. The van der Waals surface area contributed by atoms with Crippen LogP contribution in [-0.2, 0) is 9.59 Å². The second-order valence-corrected chi connectivity index (χ2v) is 7.31. The lowest BCUT2D eigenvalue weighted by atomic mass is 10.1. The van der Waals surface area contributed by atoms with E-state index in [4.69, 9.17) is 26.2 Å². The number of carboxylic acids is 1. The number of hydrogen-bond donors (Lipinski definition) is 2. The van der Waals surface area contributed by atoms with Crippen molar-refractivity contribution in [1.29, 1.82) is 5.26 Å². The molecule has 0 fully saturated rings. The Bertz CT molecular complexity index is 1050. The van der Waals surface area contributed by atoms with Gasteiger partial charge in [0.1, 0.15) is 11.6 Å². The third-order valence-corrected chi connectivity index (χ3v) is 4.75. The third-order valence-electron chi connectivity index (χ3n) is 3.83. The summed E-state index contributed by atoms with van der Waals surface area (Å²) in [5.74, 6) is -1.21. The summed E-state index contributed by atoms with van der Waals surface area (Å²) < 4.78 is 11.2. The highest BCUT2D eigenvalue weighted by atomic mass is 79.9. The van der Waals surface area contributed by atoms with Crippen LogP contribution in [-0.4, -0.2) is 30.2 Å². The quantitative estimate of drug-likeness (QED) is 0.403. The van der Waals surface area contributed by atoms with E-state index in [0.717, 1.165) is 5.56 Å². The molecule has 2 aromatic rings. The number of nitrogens with one attached hydrogen (secondary N) is 1. The van der Waals surface area contributed by atoms with Crippen molar-refractivity contribution in [2.45, 2.75) is 13.8 Å². The van der Waals surface area contributed by atoms with Crippen molar-refractivity contribution < 1.29 is 24.2 Å². The van der Waals surface area contributed by atoms with Crippen molar-refractivity contribution in [3.8, 4) is 17.6 Å². The van der Waals surface area contributed by atoms with Gasteiger partial charge in [0.25, 0.3) is 5.91 Å². The molecule has 0 aliphatic carbocycles. The van der Waals surface area contributed by atoms with Crippen LogP contribution in [0.5, 0.6) is 11.5 Å². The summed E-state index contributed by atoms with van der Waals surface area (Å²) in [6.07, 6.45) is 1.39. The Hall–Kier alpha value is -3.02. The van der Waals surface area contributed by atoms with E-state index in [1.165, 1.54) is 12.1 Å². The van der Waals surface area contributed by atoms with Gasteiger partial charge in [-0.05, 0) is 55.3 Å². The third kappa shape index (κ3) is 6.24. The Balaban J connectivity index is 2.36. The van der Waals surface area contributed by atoms with Crippen molar-refractivity contribution >= 4 is 51.2 Å². The number of anilines is 1. The highest BCUT2D eigenvalue weighted by Gasteiger charge is 2.15. The van der Waals surface area contributed by atoms with Crippen LogP contribution >= 0.6 is 27.5 Å². The molecule has 2 rings (SSSR count). The largest absolute Gasteiger partial charge is 0.490 e. The number of amides is 1. The molecule has 0 spiro atoms. The van der Waals surface area contributed by atoms with Gasteiger partial charge < -0.3 is 19.9 Å². The van der Waals surface area contributed by atoms with Crippen LogP contribution in [0.4, 0.5) is 5.69 Å². The maximum absolute atomic E-state index is 12.6. The number of aryl methyl sites for hydroxylation is 1. The summed E-state index contributed by atoms with van der Waals surface area (Å²) in [4.78, 5) is 23.4. The van der Waals surface area contributed by atoms with Gasteiger partial charge >= 0.3 is 5.97 Å². The van der Waals surface area contributed by atoms with Gasteiger partial charge in [0, 0.05) is 15.2 Å². The minimum atomic E-state index is -1.13. The number of carbonyl (C=O) groups is 2. The summed E-state index contributed by atoms with van der Waals surface area (Å²) in [5.41, 5.74) is 1.64. The van der Waals surface area contributed by atoms with Crippen molar-refractivity contribution in [1.82, 2.24) is 0 Å². The molecule has 9 heteroatoms. The van der Waals surface area contributed by atoms with E-state index < -0.39 is 18.5 Å². The fourth-order valence-electron chi connectivity index (χ4n) is 2.40. The molecule has 0 bridgehead atoms. The maximum atomic E-state index is 12.6. The minimum Gasteiger partial charge on any atom is -0.490 e.